The molecule has 0 aliphatic carbocycles. The van der Waals surface area contributed by atoms with Gasteiger partial charge in [0, 0.05) is 0 Å². The van der Waals surface area contributed by atoms with Crippen molar-refractivity contribution in [2.24, 2.45) is 0 Å². The molecule has 0 aromatic rings. The Morgan fingerprint density at radius 3 is 2.04 bits per heavy atom. The topological polar surface area (TPSA) is 171 Å². The predicted molar refractivity (Wildman–Crippen MR) is 73.1 cm³/mol. The first kappa shape index (κ1) is 21.2. The van der Waals surface area contributed by atoms with Gasteiger partial charge in [-0.25, -0.2) is 4.79 Å². The number of esters is 2. The molecule has 0 saturated carbocycles. The zero-order chi connectivity index (χ0) is 18.2. The fraction of sp³-hybridized carbons (Fsp3) is 0.769. The molecule has 0 aromatic carbocycles. The minimum absolute atomic E-state index is 0.416. The highest BCUT2D eigenvalue weighted by Gasteiger charge is 2.40. The van der Waals surface area contributed by atoms with Gasteiger partial charge >= 0.3 is 17.9 Å². The fourth-order valence-corrected chi connectivity index (χ4v) is 1.43. The summed E-state index contributed by atoms with van der Waals surface area (Å²) in [6.45, 7) is 2.30. The highest BCUT2D eigenvalue weighted by Crippen LogP contribution is 2.13. The van der Waals surface area contributed by atoms with Crippen molar-refractivity contribution < 1.29 is 49.4 Å². The van der Waals surface area contributed by atoms with Crippen LogP contribution in [0.5, 0.6) is 0 Å². The Bertz CT molecular complexity index is 410. The number of carbonyl (C=O) groups is 3. The van der Waals surface area contributed by atoms with Crippen LogP contribution in [0, 0.1) is 0 Å². The zero-order valence-electron chi connectivity index (χ0n) is 12.8. The van der Waals surface area contributed by atoms with Crippen molar-refractivity contribution >= 4 is 17.9 Å². The Hall–Kier alpha value is -1.75. The number of hydrogen-bond donors (Lipinski definition) is 5. The van der Waals surface area contributed by atoms with Crippen LogP contribution >= 0.6 is 0 Å². The standard InChI is InChI=1S/C13H22O10/c1-3-6(2)22-13(21)12(23-9(18)4-8(16)17)11(20)10(19)7(15)5-14/h6-7,10-12,14-15,19-20H,3-5H2,1-2H3,(H,16,17)/t6?,7-,10-,11+,12-/m1/s1. The Balaban J connectivity index is 5.15. The third-order valence-electron chi connectivity index (χ3n) is 2.92. The van der Waals surface area contributed by atoms with Crippen LogP contribution in [0.2, 0.25) is 0 Å². The number of carboxylic acid groups (broad SMARTS) is 1. The molecule has 0 bridgehead atoms. The number of aliphatic hydroxyl groups is 4. The second-order valence-corrected chi connectivity index (χ2v) is 4.87. The molecular formula is C13H22O10. The predicted octanol–water partition coefficient (Wildman–Crippen LogP) is -2.21. The lowest BCUT2D eigenvalue weighted by atomic mass is 10.0. The van der Waals surface area contributed by atoms with Crippen LogP contribution in [-0.2, 0) is 23.9 Å². The Morgan fingerprint density at radius 1 is 1.04 bits per heavy atom. The molecule has 0 radical (unpaired) electrons. The summed E-state index contributed by atoms with van der Waals surface area (Å²) in [5.41, 5.74) is 0. The molecule has 134 valence electrons. The van der Waals surface area contributed by atoms with E-state index in [0.717, 1.165) is 0 Å². The van der Waals surface area contributed by atoms with Crippen molar-refractivity contribution in [3.05, 3.63) is 0 Å². The van der Waals surface area contributed by atoms with Gasteiger partial charge in [-0.2, -0.15) is 0 Å². The van der Waals surface area contributed by atoms with E-state index in [1.165, 1.54) is 6.92 Å². The molecule has 0 aliphatic heterocycles. The molecule has 0 saturated heterocycles. The van der Waals surface area contributed by atoms with E-state index in [1.807, 2.05) is 0 Å². The lowest BCUT2D eigenvalue weighted by molar-refractivity contribution is -0.189. The van der Waals surface area contributed by atoms with E-state index >= 15 is 0 Å². The maximum Gasteiger partial charge on any atom is 0.350 e. The summed E-state index contributed by atoms with van der Waals surface area (Å²) in [6.07, 6.45) is -9.24. The minimum Gasteiger partial charge on any atom is -0.481 e. The second kappa shape index (κ2) is 10.1. The van der Waals surface area contributed by atoms with Crippen LogP contribution in [-0.4, -0.2) is 80.6 Å². The summed E-state index contributed by atoms with van der Waals surface area (Å²) in [4.78, 5) is 33.7. The van der Waals surface area contributed by atoms with Gasteiger partial charge in [-0.3, -0.25) is 9.59 Å². The molecule has 0 fully saturated rings. The first-order valence-corrected chi connectivity index (χ1v) is 6.90. The van der Waals surface area contributed by atoms with Crippen molar-refractivity contribution in [3.63, 3.8) is 0 Å². The lowest BCUT2D eigenvalue weighted by Gasteiger charge is -2.28. The summed E-state index contributed by atoms with van der Waals surface area (Å²) >= 11 is 0. The quantitative estimate of drug-likeness (QED) is 0.217. The van der Waals surface area contributed by atoms with Crippen LogP contribution in [0.25, 0.3) is 0 Å². The van der Waals surface area contributed by atoms with E-state index in [-0.39, 0.29) is 0 Å². The van der Waals surface area contributed by atoms with Gasteiger partial charge in [-0.05, 0) is 13.3 Å². The van der Waals surface area contributed by atoms with E-state index in [9.17, 15) is 29.7 Å². The van der Waals surface area contributed by atoms with Gasteiger partial charge in [0.05, 0.1) is 12.7 Å². The molecule has 10 nitrogen and oxygen atoms in total. The number of ether oxygens (including phenoxy) is 2. The summed E-state index contributed by atoms with van der Waals surface area (Å²) in [5.74, 6) is -4.07. The maximum atomic E-state index is 11.9. The molecule has 0 aromatic heterocycles. The molecule has 0 spiro atoms. The number of carbonyl (C=O) groups excluding carboxylic acids is 2. The SMILES string of the molecule is CCC(C)OC(=O)[C@H](OC(=O)CC(=O)O)[C@@H](O)[C@H](O)[C@H](O)CO. The van der Waals surface area contributed by atoms with Crippen LogP contribution in [0.3, 0.4) is 0 Å². The monoisotopic (exact) mass is 338 g/mol. The Morgan fingerprint density at radius 2 is 1.61 bits per heavy atom. The maximum absolute atomic E-state index is 11.9. The van der Waals surface area contributed by atoms with Gasteiger partial charge in [0.15, 0.2) is 0 Å². The van der Waals surface area contributed by atoms with Crippen LogP contribution in [0.1, 0.15) is 26.7 Å². The van der Waals surface area contributed by atoms with Gasteiger partial charge in [0.1, 0.15) is 24.7 Å². The molecule has 0 heterocycles. The Kier molecular flexibility index (Phi) is 9.34. The third-order valence-corrected chi connectivity index (χ3v) is 2.92. The first-order chi connectivity index (χ1) is 10.6. The molecular weight excluding hydrogens is 316 g/mol. The highest BCUT2D eigenvalue weighted by molar-refractivity contribution is 5.91. The van der Waals surface area contributed by atoms with E-state index in [2.05, 4.69) is 4.74 Å². The smallest absolute Gasteiger partial charge is 0.350 e. The number of rotatable bonds is 10. The van der Waals surface area contributed by atoms with Gasteiger partial charge in [-0.1, -0.05) is 6.92 Å². The molecule has 5 atom stereocenters. The lowest BCUT2D eigenvalue weighted by Crippen LogP contribution is -2.51. The molecule has 0 amide bonds. The number of aliphatic carboxylic acids is 1. The average Bonchev–Trinajstić information content (AvgIpc) is 2.49. The summed E-state index contributed by atoms with van der Waals surface area (Å²) in [6, 6.07) is 0. The van der Waals surface area contributed by atoms with E-state index < -0.39 is 61.5 Å². The van der Waals surface area contributed by atoms with Crippen molar-refractivity contribution in [1.82, 2.24) is 0 Å². The molecule has 1 unspecified atom stereocenters. The molecule has 10 heteroatoms. The van der Waals surface area contributed by atoms with E-state index in [4.69, 9.17) is 14.9 Å². The van der Waals surface area contributed by atoms with Gasteiger partial charge < -0.3 is 35.0 Å². The fourth-order valence-electron chi connectivity index (χ4n) is 1.43. The molecule has 0 rings (SSSR count). The highest BCUT2D eigenvalue weighted by atomic mass is 16.6. The minimum atomic E-state index is -2.12. The number of hydrogen-bond acceptors (Lipinski definition) is 9. The summed E-state index contributed by atoms with van der Waals surface area (Å²) < 4.78 is 9.42. The number of aliphatic hydroxyl groups excluding tert-OH is 4. The Labute approximate surface area is 132 Å². The first-order valence-electron chi connectivity index (χ1n) is 6.90. The van der Waals surface area contributed by atoms with Gasteiger partial charge in [0.2, 0.25) is 6.10 Å². The molecule has 0 aliphatic rings. The van der Waals surface area contributed by atoms with E-state index in [0.29, 0.717) is 6.42 Å². The third kappa shape index (κ3) is 7.37. The van der Waals surface area contributed by atoms with Crippen molar-refractivity contribution in [3.8, 4) is 0 Å². The van der Waals surface area contributed by atoms with Crippen molar-refractivity contribution in [2.75, 3.05) is 6.61 Å². The van der Waals surface area contributed by atoms with Gasteiger partial charge in [0.25, 0.3) is 0 Å². The largest absolute Gasteiger partial charge is 0.481 e. The molecule has 5 N–H and O–H groups in total. The summed E-state index contributed by atoms with van der Waals surface area (Å²) in [7, 11) is 0. The number of carboxylic acids is 1. The van der Waals surface area contributed by atoms with E-state index in [1.54, 1.807) is 6.92 Å². The van der Waals surface area contributed by atoms with Crippen molar-refractivity contribution in [2.45, 2.75) is 57.2 Å². The van der Waals surface area contributed by atoms with Crippen molar-refractivity contribution in [1.29, 1.82) is 0 Å². The normalized spacial score (nSPS) is 17.5. The van der Waals surface area contributed by atoms with Crippen LogP contribution < -0.4 is 0 Å². The second-order valence-electron chi connectivity index (χ2n) is 4.87. The van der Waals surface area contributed by atoms with Crippen LogP contribution in [0.15, 0.2) is 0 Å². The molecule has 23 heavy (non-hydrogen) atoms. The van der Waals surface area contributed by atoms with Gasteiger partial charge in [-0.15, -0.1) is 0 Å². The zero-order valence-corrected chi connectivity index (χ0v) is 12.8. The van der Waals surface area contributed by atoms with Crippen LogP contribution in [0.4, 0.5) is 0 Å². The average molecular weight is 338 g/mol. The summed E-state index contributed by atoms with van der Waals surface area (Å²) in [5, 5.41) is 46.0.